The van der Waals surface area contributed by atoms with E-state index in [4.69, 9.17) is 0 Å². The Hall–Kier alpha value is -3.06. The molecule has 33 heavy (non-hydrogen) atoms. The zero-order valence-corrected chi connectivity index (χ0v) is 20.8. The molecule has 0 saturated heterocycles. The van der Waals surface area contributed by atoms with Gasteiger partial charge in [0.25, 0.3) is 0 Å². The van der Waals surface area contributed by atoms with Gasteiger partial charge in [0.1, 0.15) is 0 Å². The summed E-state index contributed by atoms with van der Waals surface area (Å²) in [5.74, 6) is 0.589. The van der Waals surface area contributed by atoms with Crippen LogP contribution < -0.4 is 4.90 Å². The van der Waals surface area contributed by atoms with Crippen LogP contribution in [0.25, 0.3) is 10.8 Å². The molecule has 4 aromatic rings. The molecule has 0 amide bonds. The van der Waals surface area contributed by atoms with Gasteiger partial charge in [0, 0.05) is 16.8 Å². The number of hydrogen-bond acceptors (Lipinski definition) is 1. The van der Waals surface area contributed by atoms with Crippen LogP contribution in [0.3, 0.4) is 0 Å². The van der Waals surface area contributed by atoms with Crippen LogP contribution in [0.1, 0.15) is 70.9 Å². The quantitative estimate of drug-likeness (QED) is 0.266. The van der Waals surface area contributed by atoms with E-state index in [0.29, 0.717) is 5.92 Å². The minimum Gasteiger partial charge on any atom is -0.310 e. The molecular formula is C32H37N. The third-order valence-corrected chi connectivity index (χ3v) is 7.24. The molecule has 0 spiro atoms. The lowest BCUT2D eigenvalue weighted by atomic mass is 9.82. The Labute approximate surface area is 200 Å². The molecule has 4 aromatic carbocycles. The van der Waals surface area contributed by atoms with Crippen molar-refractivity contribution >= 4 is 27.8 Å². The summed E-state index contributed by atoms with van der Waals surface area (Å²) in [6.07, 6.45) is 3.56. The molecule has 1 heteroatoms. The van der Waals surface area contributed by atoms with E-state index in [1.165, 1.54) is 51.8 Å². The van der Waals surface area contributed by atoms with Crippen LogP contribution in [0.4, 0.5) is 17.1 Å². The zero-order valence-electron chi connectivity index (χ0n) is 20.8. The second kappa shape index (κ2) is 9.83. The summed E-state index contributed by atoms with van der Waals surface area (Å²) in [7, 11) is 0. The third kappa shape index (κ3) is 4.83. The minimum absolute atomic E-state index is 0.180. The number of anilines is 3. The van der Waals surface area contributed by atoms with Crippen molar-refractivity contribution in [3.63, 3.8) is 0 Å². The summed E-state index contributed by atoms with van der Waals surface area (Å²) in [4.78, 5) is 2.40. The predicted molar refractivity (Wildman–Crippen MR) is 145 cm³/mol. The second-order valence-corrected chi connectivity index (χ2v) is 9.90. The molecule has 0 radical (unpaired) electrons. The summed E-state index contributed by atoms with van der Waals surface area (Å²) < 4.78 is 0. The molecule has 0 heterocycles. The molecule has 1 atom stereocenters. The Morgan fingerprint density at radius 3 is 1.97 bits per heavy atom. The SMILES string of the molecule is CCCC(C)c1ccc(N(c2ccc(C(C)(C)CC)cc2)c2cccc3ccccc23)cc1. The zero-order chi connectivity index (χ0) is 23.4. The maximum Gasteiger partial charge on any atom is 0.0540 e. The average molecular weight is 436 g/mol. The largest absolute Gasteiger partial charge is 0.310 e. The lowest BCUT2D eigenvalue weighted by molar-refractivity contribution is 0.506. The van der Waals surface area contributed by atoms with Crippen molar-refractivity contribution in [2.45, 2.75) is 65.2 Å². The van der Waals surface area contributed by atoms with Gasteiger partial charge in [-0.3, -0.25) is 0 Å². The standard InChI is InChI=1S/C32H37N/c1-6-11-24(3)25-16-20-28(21-17-25)33(29-22-18-27(19-23-29)32(4,5)7-2)31-15-10-13-26-12-8-9-14-30(26)31/h8-10,12-24H,6-7,11H2,1-5H3. The van der Waals surface area contributed by atoms with Crippen LogP contribution in [0, 0.1) is 0 Å². The number of rotatable bonds is 8. The van der Waals surface area contributed by atoms with Gasteiger partial charge in [-0.1, -0.05) is 102 Å². The summed E-state index contributed by atoms with van der Waals surface area (Å²) in [5.41, 5.74) is 6.58. The molecule has 0 aliphatic heterocycles. The molecule has 0 fully saturated rings. The van der Waals surface area contributed by atoms with Gasteiger partial charge in [-0.2, -0.15) is 0 Å². The van der Waals surface area contributed by atoms with Gasteiger partial charge in [-0.05, 0) is 71.0 Å². The molecule has 0 saturated carbocycles. The number of nitrogens with zero attached hydrogens (tertiary/aromatic N) is 1. The van der Waals surface area contributed by atoms with Crippen molar-refractivity contribution in [2.75, 3.05) is 4.90 Å². The van der Waals surface area contributed by atoms with Crippen LogP contribution in [0.15, 0.2) is 91.0 Å². The van der Waals surface area contributed by atoms with Gasteiger partial charge in [-0.15, -0.1) is 0 Å². The van der Waals surface area contributed by atoms with Gasteiger partial charge >= 0.3 is 0 Å². The molecular weight excluding hydrogens is 398 g/mol. The maximum atomic E-state index is 2.40. The number of fused-ring (bicyclic) bond motifs is 1. The highest BCUT2D eigenvalue weighted by atomic mass is 15.1. The molecule has 0 aliphatic carbocycles. The van der Waals surface area contributed by atoms with Gasteiger partial charge in [0.15, 0.2) is 0 Å². The Morgan fingerprint density at radius 1 is 0.727 bits per heavy atom. The first-order chi connectivity index (χ1) is 15.9. The third-order valence-electron chi connectivity index (χ3n) is 7.24. The lowest BCUT2D eigenvalue weighted by Crippen LogP contribution is -2.16. The summed E-state index contributed by atoms with van der Waals surface area (Å²) >= 11 is 0. The van der Waals surface area contributed by atoms with Crippen LogP contribution >= 0.6 is 0 Å². The monoisotopic (exact) mass is 435 g/mol. The van der Waals surface area contributed by atoms with Crippen LogP contribution in [0.2, 0.25) is 0 Å². The Bertz CT molecular complexity index is 1180. The van der Waals surface area contributed by atoms with Crippen molar-refractivity contribution in [3.05, 3.63) is 102 Å². The topological polar surface area (TPSA) is 3.24 Å². The van der Waals surface area contributed by atoms with Crippen molar-refractivity contribution in [2.24, 2.45) is 0 Å². The summed E-state index contributed by atoms with van der Waals surface area (Å²) in [6, 6.07) is 33.6. The summed E-state index contributed by atoms with van der Waals surface area (Å²) in [6.45, 7) is 11.5. The smallest absolute Gasteiger partial charge is 0.0540 e. The van der Waals surface area contributed by atoms with E-state index in [2.05, 4.69) is 131 Å². The predicted octanol–water partition coefficient (Wildman–Crippen LogP) is 9.90. The van der Waals surface area contributed by atoms with Crippen LogP contribution in [0.5, 0.6) is 0 Å². The van der Waals surface area contributed by atoms with E-state index in [0.717, 1.165) is 6.42 Å². The van der Waals surface area contributed by atoms with E-state index in [1.54, 1.807) is 0 Å². The van der Waals surface area contributed by atoms with Crippen molar-refractivity contribution in [3.8, 4) is 0 Å². The fraction of sp³-hybridized carbons (Fsp3) is 0.312. The lowest BCUT2D eigenvalue weighted by Gasteiger charge is -2.29. The molecule has 4 rings (SSSR count). The van der Waals surface area contributed by atoms with E-state index < -0.39 is 0 Å². The van der Waals surface area contributed by atoms with Crippen molar-refractivity contribution < 1.29 is 0 Å². The van der Waals surface area contributed by atoms with E-state index in [9.17, 15) is 0 Å². The van der Waals surface area contributed by atoms with Crippen LogP contribution in [-0.4, -0.2) is 0 Å². The molecule has 0 N–H and O–H groups in total. The Kier molecular flexibility index (Phi) is 6.88. The van der Waals surface area contributed by atoms with E-state index >= 15 is 0 Å². The fourth-order valence-electron chi connectivity index (χ4n) is 4.65. The van der Waals surface area contributed by atoms with Gasteiger partial charge < -0.3 is 4.90 Å². The minimum atomic E-state index is 0.180. The molecule has 0 aliphatic rings. The highest BCUT2D eigenvalue weighted by molar-refractivity contribution is 5.98. The van der Waals surface area contributed by atoms with Gasteiger partial charge in [-0.25, -0.2) is 0 Å². The fourth-order valence-corrected chi connectivity index (χ4v) is 4.65. The van der Waals surface area contributed by atoms with E-state index in [-0.39, 0.29) is 5.41 Å². The van der Waals surface area contributed by atoms with E-state index in [1.807, 2.05) is 0 Å². The highest BCUT2D eigenvalue weighted by Crippen LogP contribution is 2.40. The second-order valence-electron chi connectivity index (χ2n) is 9.90. The molecule has 0 bridgehead atoms. The van der Waals surface area contributed by atoms with Gasteiger partial charge in [0.2, 0.25) is 0 Å². The first-order valence-electron chi connectivity index (χ1n) is 12.4. The van der Waals surface area contributed by atoms with Crippen molar-refractivity contribution in [1.29, 1.82) is 0 Å². The Balaban J connectivity index is 1.83. The maximum absolute atomic E-state index is 2.40. The first kappa shape index (κ1) is 23.1. The highest BCUT2D eigenvalue weighted by Gasteiger charge is 2.20. The molecule has 1 nitrogen and oxygen atoms in total. The summed E-state index contributed by atoms with van der Waals surface area (Å²) in [5, 5.41) is 2.53. The van der Waals surface area contributed by atoms with Crippen molar-refractivity contribution in [1.82, 2.24) is 0 Å². The first-order valence-corrected chi connectivity index (χ1v) is 12.4. The van der Waals surface area contributed by atoms with Crippen LogP contribution in [-0.2, 0) is 5.41 Å². The average Bonchev–Trinajstić information content (AvgIpc) is 2.85. The van der Waals surface area contributed by atoms with Gasteiger partial charge in [0.05, 0.1) is 5.69 Å². The number of benzene rings is 4. The molecule has 0 aromatic heterocycles. The number of hydrogen-bond donors (Lipinski definition) is 0. The normalized spacial score (nSPS) is 12.6. The Morgan fingerprint density at radius 2 is 1.33 bits per heavy atom. The molecule has 1 unspecified atom stereocenters. The molecule has 170 valence electrons.